The minimum absolute atomic E-state index is 0.162. The molecule has 152 valence electrons. The number of hydrogen-bond acceptors (Lipinski definition) is 4. The zero-order valence-corrected chi connectivity index (χ0v) is 17.6. The van der Waals surface area contributed by atoms with Gasteiger partial charge in [-0.2, -0.15) is 13.2 Å². The van der Waals surface area contributed by atoms with Crippen LogP contribution in [0, 0.1) is 0 Å². The molecule has 0 fully saturated rings. The summed E-state index contributed by atoms with van der Waals surface area (Å²) < 4.78 is 49.7. The predicted octanol–water partition coefficient (Wildman–Crippen LogP) is 6.26. The number of aromatic nitrogens is 1. The van der Waals surface area contributed by atoms with E-state index in [-0.39, 0.29) is 27.2 Å². The van der Waals surface area contributed by atoms with Crippen molar-refractivity contribution in [2.24, 2.45) is 0 Å². The molecule has 3 aromatic rings. The third-order valence-electron chi connectivity index (χ3n) is 4.35. The summed E-state index contributed by atoms with van der Waals surface area (Å²) in [7, 11) is 2.65. The first-order valence-corrected chi connectivity index (χ1v) is 9.73. The number of carbonyl (C=O) groups is 1. The van der Waals surface area contributed by atoms with Crippen LogP contribution < -0.4 is 4.74 Å². The van der Waals surface area contributed by atoms with Crippen LogP contribution in [0.25, 0.3) is 22.2 Å². The number of halogens is 5. The molecule has 0 saturated carbocycles. The second kappa shape index (κ2) is 8.20. The smallest absolute Gasteiger partial charge is 0.416 e. The van der Waals surface area contributed by atoms with Gasteiger partial charge in [0.1, 0.15) is 5.75 Å². The molecule has 0 spiro atoms. The fourth-order valence-corrected chi connectivity index (χ4v) is 3.79. The van der Waals surface area contributed by atoms with E-state index in [9.17, 15) is 18.0 Å². The van der Waals surface area contributed by atoms with Gasteiger partial charge in [-0.25, -0.2) is 9.78 Å². The third-order valence-corrected chi connectivity index (χ3v) is 5.20. The van der Waals surface area contributed by atoms with E-state index in [0.29, 0.717) is 22.2 Å². The van der Waals surface area contributed by atoms with Crippen LogP contribution in [-0.2, 0) is 16.2 Å². The summed E-state index contributed by atoms with van der Waals surface area (Å²) in [4.78, 5) is 17.1. The summed E-state index contributed by atoms with van der Waals surface area (Å²) >= 11 is 9.52. The fraction of sp³-hybridized carbons (Fsp3) is 0.200. The number of alkyl halides is 4. The second-order valence-electron chi connectivity index (χ2n) is 6.02. The number of pyridine rings is 1. The molecule has 29 heavy (non-hydrogen) atoms. The molecule has 0 saturated heterocycles. The average molecular weight is 489 g/mol. The van der Waals surface area contributed by atoms with Gasteiger partial charge in [-0.3, -0.25) is 0 Å². The van der Waals surface area contributed by atoms with Crippen molar-refractivity contribution in [1.82, 2.24) is 4.98 Å². The lowest BCUT2D eigenvalue weighted by Crippen LogP contribution is -2.10. The molecule has 0 amide bonds. The Morgan fingerprint density at radius 2 is 1.93 bits per heavy atom. The van der Waals surface area contributed by atoms with Crippen molar-refractivity contribution in [3.8, 4) is 17.0 Å². The van der Waals surface area contributed by atoms with Crippen LogP contribution in [0.2, 0.25) is 5.02 Å². The van der Waals surface area contributed by atoms with Crippen molar-refractivity contribution in [1.29, 1.82) is 0 Å². The van der Waals surface area contributed by atoms with Crippen molar-refractivity contribution < 1.29 is 27.4 Å². The van der Waals surface area contributed by atoms with Gasteiger partial charge < -0.3 is 9.47 Å². The maximum absolute atomic E-state index is 13.2. The molecule has 0 aliphatic heterocycles. The molecule has 0 atom stereocenters. The molecular weight excluding hydrogens is 475 g/mol. The number of methoxy groups -OCH3 is 2. The highest BCUT2D eigenvalue weighted by molar-refractivity contribution is 9.08. The van der Waals surface area contributed by atoms with Crippen LogP contribution in [0.5, 0.6) is 5.75 Å². The lowest BCUT2D eigenvalue weighted by molar-refractivity contribution is -0.137. The molecule has 0 N–H and O–H groups in total. The van der Waals surface area contributed by atoms with Crippen LogP contribution >= 0.6 is 27.5 Å². The zero-order chi connectivity index (χ0) is 21.3. The molecule has 0 aliphatic rings. The van der Waals surface area contributed by atoms with Crippen LogP contribution in [0.1, 0.15) is 21.5 Å². The van der Waals surface area contributed by atoms with Gasteiger partial charge in [0.05, 0.1) is 41.6 Å². The van der Waals surface area contributed by atoms with Gasteiger partial charge in [0.2, 0.25) is 0 Å². The lowest BCUT2D eigenvalue weighted by atomic mass is 9.96. The minimum atomic E-state index is -4.51. The lowest BCUT2D eigenvalue weighted by Gasteiger charge is -2.16. The van der Waals surface area contributed by atoms with E-state index in [4.69, 9.17) is 21.1 Å². The monoisotopic (exact) mass is 487 g/mol. The number of hydrogen-bond donors (Lipinski definition) is 0. The van der Waals surface area contributed by atoms with Gasteiger partial charge >= 0.3 is 12.1 Å². The van der Waals surface area contributed by atoms with E-state index >= 15 is 0 Å². The van der Waals surface area contributed by atoms with E-state index in [1.165, 1.54) is 38.5 Å². The molecule has 0 radical (unpaired) electrons. The normalized spacial score (nSPS) is 11.6. The van der Waals surface area contributed by atoms with E-state index in [1.54, 1.807) is 0 Å². The Hall–Kier alpha value is -2.32. The Bertz CT molecular complexity index is 1100. The topological polar surface area (TPSA) is 48.4 Å². The van der Waals surface area contributed by atoms with E-state index in [1.807, 2.05) is 0 Å². The van der Waals surface area contributed by atoms with E-state index in [2.05, 4.69) is 20.9 Å². The van der Waals surface area contributed by atoms with Crippen molar-refractivity contribution >= 4 is 44.4 Å². The second-order valence-corrected chi connectivity index (χ2v) is 6.99. The molecule has 0 unspecified atom stereocenters. The molecule has 0 aliphatic carbocycles. The van der Waals surface area contributed by atoms with Crippen LogP contribution in [0.4, 0.5) is 13.2 Å². The Morgan fingerprint density at radius 1 is 1.21 bits per heavy atom. The first-order chi connectivity index (χ1) is 13.7. The van der Waals surface area contributed by atoms with Gasteiger partial charge in [-0.15, -0.1) is 0 Å². The third kappa shape index (κ3) is 4.04. The summed E-state index contributed by atoms with van der Waals surface area (Å²) in [5.41, 5.74) is 0.534. The maximum Gasteiger partial charge on any atom is 0.416 e. The molecule has 3 rings (SSSR count). The highest BCUT2D eigenvalue weighted by Crippen LogP contribution is 2.38. The number of carbonyl (C=O) groups excluding carboxylic acids is 1. The number of nitrogens with zero attached hydrogens (tertiary/aromatic N) is 1. The number of esters is 1. The first-order valence-electron chi connectivity index (χ1n) is 8.23. The SMILES string of the molecule is COC(=O)c1c(CBr)c(-c2cccc(C(F)(F)F)c2)nc2cc(OC)c(Cl)cc12. The molecule has 9 heteroatoms. The largest absolute Gasteiger partial charge is 0.495 e. The van der Waals surface area contributed by atoms with Gasteiger partial charge in [0.25, 0.3) is 0 Å². The Balaban J connectivity index is 2.41. The molecule has 1 heterocycles. The van der Waals surface area contributed by atoms with Crippen molar-refractivity contribution in [3.05, 3.63) is 58.1 Å². The van der Waals surface area contributed by atoms with Crippen LogP contribution in [0.3, 0.4) is 0 Å². The van der Waals surface area contributed by atoms with Gasteiger partial charge in [-0.05, 0) is 18.2 Å². The summed E-state index contributed by atoms with van der Waals surface area (Å²) in [5, 5.41) is 0.836. The van der Waals surface area contributed by atoms with Gasteiger partial charge in [0.15, 0.2) is 0 Å². The van der Waals surface area contributed by atoms with Crippen molar-refractivity contribution in [3.63, 3.8) is 0 Å². The molecule has 2 aromatic carbocycles. The molecular formula is C20H14BrClF3NO3. The van der Waals surface area contributed by atoms with Crippen molar-refractivity contribution in [2.75, 3.05) is 14.2 Å². The summed E-state index contributed by atoms with van der Waals surface area (Å²) in [5.74, 6) is -0.328. The molecule has 1 aromatic heterocycles. The summed E-state index contributed by atoms with van der Waals surface area (Å²) in [6, 6.07) is 7.82. The Morgan fingerprint density at radius 3 is 2.52 bits per heavy atom. The summed E-state index contributed by atoms with van der Waals surface area (Å²) in [6.45, 7) is 0. The minimum Gasteiger partial charge on any atom is -0.495 e. The van der Waals surface area contributed by atoms with Crippen LogP contribution in [-0.4, -0.2) is 25.2 Å². The first kappa shape index (κ1) is 21.4. The molecule has 0 bridgehead atoms. The Kier molecular flexibility index (Phi) is 6.05. The van der Waals surface area contributed by atoms with Crippen molar-refractivity contribution in [2.45, 2.75) is 11.5 Å². The van der Waals surface area contributed by atoms with E-state index < -0.39 is 17.7 Å². The zero-order valence-electron chi connectivity index (χ0n) is 15.2. The number of ether oxygens (including phenoxy) is 2. The average Bonchev–Trinajstić information content (AvgIpc) is 2.70. The highest BCUT2D eigenvalue weighted by Gasteiger charge is 2.31. The number of rotatable bonds is 4. The van der Waals surface area contributed by atoms with Crippen LogP contribution in [0.15, 0.2) is 36.4 Å². The molecule has 4 nitrogen and oxygen atoms in total. The Labute approximate surface area is 177 Å². The van der Waals surface area contributed by atoms with Gasteiger partial charge in [0, 0.05) is 27.9 Å². The van der Waals surface area contributed by atoms with E-state index in [0.717, 1.165) is 12.1 Å². The maximum atomic E-state index is 13.2. The highest BCUT2D eigenvalue weighted by atomic mass is 79.9. The van der Waals surface area contributed by atoms with Gasteiger partial charge in [-0.1, -0.05) is 39.7 Å². The number of fused-ring (bicyclic) bond motifs is 1. The fourth-order valence-electron chi connectivity index (χ4n) is 3.01. The number of benzene rings is 2. The standard InChI is InChI=1S/C20H14BrClF3NO3/c1-28-16-8-15-12(7-14(16)22)17(19(27)29-2)13(9-21)18(26-15)10-4-3-5-11(6-10)20(23,24)25/h3-8H,9H2,1-2H3. The predicted molar refractivity (Wildman–Crippen MR) is 108 cm³/mol. The summed E-state index contributed by atoms with van der Waals surface area (Å²) in [6.07, 6.45) is -4.51. The quantitative estimate of drug-likeness (QED) is 0.321.